The van der Waals surface area contributed by atoms with Gasteiger partial charge in [0.1, 0.15) is 5.82 Å². The van der Waals surface area contributed by atoms with Crippen molar-refractivity contribution in [3.8, 4) is 11.1 Å². The molecule has 3 aromatic rings. The van der Waals surface area contributed by atoms with Crippen LogP contribution in [-0.4, -0.2) is 24.8 Å². The summed E-state index contributed by atoms with van der Waals surface area (Å²) in [4.78, 5) is 20.4. The zero-order chi connectivity index (χ0) is 23.5. The highest BCUT2D eigenvalue weighted by Gasteiger charge is 2.25. The Hall–Kier alpha value is -2.64. The van der Waals surface area contributed by atoms with Crippen molar-refractivity contribution in [2.45, 2.75) is 58.8 Å². The SMILES string of the molecule is CC(=O)Nc1cc(-c2ccc3nc(C(CC(C)C)NS(=O)C(C)(C)C)ccc3c2)ccn1. The molecule has 6 nitrogen and oxygen atoms in total. The maximum atomic E-state index is 12.7. The molecule has 1 aromatic carbocycles. The van der Waals surface area contributed by atoms with Gasteiger partial charge in [-0.1, -0.05) is 26.0 Å². The van der Waals surface area contributed by atoms with Crippen LogP contribution in [0.2, 0.25) is 0 Å². The van der Waals surface area contributed by atoms with E-state index in [0.717, 1.165) is 34.1 Å². The molecule has 2 unspecified atom stereocenters. The number of benzene rings is 1. The minimum atomic E-state index is -1.18. The molecular weight excluding hydrogens is 420 g/mol. The summed E-state index contributed by atoms with van der Waals surface area (Å²) in [5, 5.41) is 3.74. The predicted octanol–water partition coefficient (Wildman–Crippen LogP) is 5.39. The van der Waals surface area contributed by atoms with Crippen LogP contribution >= 0.6 is 0 Å². The normalized spacial score (nSPS) is 13.8. The second kappa shape index (κ2) is 9.88. The summed E-state index contributed by atoms with van der Waals surface area (Å²) in [5.74, 6) is 0.814. The van der Waals surface area contributed by atoms with E-state index >= 15 is 0 Å². The van der Waals surface area contributed by atoms with Gasteiger partial charge >= 0.3 is 0 Å². The van der Waals surface area contributed by atoms with Crippen molar-refractivity contribution in [3.05, 3.63) is 54.4 Å². The van der Waals surface area contributed by atoms with E-state index in [0.29, 0.717) is 11.7 Å². The number of hydrogen-bond donors (Lipinski definition) is 2. The van der Waals surface area contributed by atoms with Gasteiger partial charge in [-0.05, 0) is 74.6 Å². The molecule has 32 heavy (non-hydrogen) atoms. The molecule has 2 N–H and O–H groups in total. The third-order valence-electron chi connectivity index (χ3n) is 4.98. The first-order chi connectivity index (χ1) is 15.0. The van der Waals surface area contributed by atoms with Crippen LogP contribution < -0.4 is 10.0 Å². The maximum absolute atomic E-state index is 12.7. The summed E-state index contributed by atoms with van der Waals surface area (Å²) in [5.41, 5.74) is 3.77. The summed E-state index contributed by atoms with van der Waals surface area (Å²) < 4.78 is 15.7. The summed E-state index contributed by atoms with van der Waals surface area (Å²) in [7, 11) is -1.18. The first-order valence-electron chi connectivity index (χ1n) is 10.9. The molecule has 2 atom stereocenters. The average molecular weight is 453 g/mol. The van der Waals surface area contributed by atoms with Gasteiger partial charge in [-0.2, -0.15) is 0 Å². The molecule has 2 heterocycles. The van der Waals surface area contributed by atoms with E-state index in [1.165, 1.54) is 6.92 Å². The van der Waals surface area contributed by atoms with Crippen molar-refractivity contribution in [3.63, 3.8) is 0 Å². The first-order valence-corrected chi connectivity index (χ1v) is 12.0. The van der Waals surface area contributed by atoms with Gasteiger partial charge in [0.2, 0.25) is 5.91 Å². The molecule has 0 fully saturated rings. The topological polar surface area (TPSA) is 84.0 Å². The molecule has 0 saturated carbocycles. The number of hydrogen-bond acceptors (Lipinski definition) is 4. The van der Waals surface area contributed by atoms with Crippen LogP contribution in [0.3, 0.4) is 0 Å². The highest BCUT2D eigenvalue weighted by molar-refractivity contribution is 7.84. The smallest absolute Gasteiger partial charge is 0.222 e. The van der Waals surface area contributed by atoms with Crippen LogP contribution in [0.15, 0.2) is 48.7 Å². The largest absolute Gasteiger partial charge is 0.311 e. The van der Waals surface area contributed by atoms with Crippen molar-refractivity contribution < 1.29 is 9.00 Å². The fourth-order valence-corrected chi connectivity index (χ4v) is 4.21. The Labute approximate surface area is 192 Å². The predicted molar refractivity (Wildman–Crippen MR) is 133 cm³/mol. The van der Waals surface area contributed by atoms with Gasteiger partial charge in [0.05, 0.1) is 33.0 Å². The van der Waals surface area contributed by atoms with Gasteiger partial charge in [0.15, 0.2) is 0 Å². The third kappa shape index (κ3) is 6.20. The number of carbonyl (C=O) groups is 1. The first kappa shape index (κ1) is 24.0. The zero-order valence-corrected chi connectivity index (χ0v) is 20.4. The molecule has 0 saturated heterocycles. The van der Waals surface area contributed by atoms with E-state index in [1.807, 2.05) is 51.1 Å². The molecule has 0 aliphatic rings. The van der Waals surface area contributed by atoms with Gasteiger partial charge in [-0.25, -0.2) is 13.9 Å². The van der Waals surface area contributed by atoms with Crippen molar-refractivity contribution in [2.24, 2.45) is 5.92 Å². The minimum absolute atomic E-state index is 0.0838. The highest BCUT2D eigenvalue weighted by Crippen LogP contribution is 2.28. The molecule has 0 aliphatic carbocycles. The maximum Gasteiger partial charge on any atom is 0.222 e. The van der Waals surface area contributed by atoms with E-state index in [1.54, 1.807) is 6.20 Å². The molecule has 170 valence electrons. The third-order valence-corrected chi connectivity index (χ3v) is 6.59. The standard InChI is InChI=1S/C25H32N4O2S/c1-16(2)13-23(29-32(31)25(4,5)6)22-10-8-20-14-18(7-9-21(20)28-22)19-11-12-26-24(15-19)27-17(3)30/h7-12,14-16,23,29H,13H2,1-6H3,(H,26,27,30). The van der Waals surface area contributed by atoms with Crippen LogP contribution in [0, 0.1) is 5.92 Å². The van der Waals surface area contributed by atoms with Crippen molar-refractivity contribution in [1.29, 1.82) is 0 Å². The van der Waals surface area contributed by atoms with Crippen molar-refractivity contribution in [1.82, 2.24) is 14.7 Å². The summed E-state index contributed by atoms with van der Waals surface area (Å²) in [6.07, 6.45) is 2.53. The lowest BCUT2D eigenvalue weighted by molar-refractivity contribution is -0.114. The fourth-order valence-electron chi connectivity index (χ4n) is 3.38. The Morgan fingerprint density at radius 2 is 1.78 bits per heavy atom. The van der Waals surface area contributed by atoms with E-state index in [4.69, 9.17) is 4.98 Å². The number of carbonyl (C=O) groups excluding carboxylic acids is 1. The number of anilines is 1. The number of fused-ring (bicyclic) bond motifs is 1. The number of nitrogens with zero attached hydrogens (tertiary/aromatic N) is 2. The molecule has 3 rings (SSSR count). The number of rotatable bonds is 7. The molecule has 1 amide bonds. The van der Waals surface area contributed by atoms with Gasteiger partial charge < -0.3 is 5.32 Å². The Morgan fingerprint density at radius 3 is 2.44 bits per heavy atom. The van der Waals surface area contributed by atoms with Gasteiger partial charge in [-0.3, -0.25) is 9.78 Å². The van der Waals surface area contributed by atoms with Gasteiger partial charge in [-0.15, -0.1) is 0 Å². The van der Waals surface area contributed by atoms with E-state index in [-0.39, 0.29) is 16.7 Å². The molecule has 0 radical (unpaired) electrons. The number of nitrogens with one attached hydrogen (secondary N) is 2. The molecule has 7 heteroatoms. The Morgan fingerprint density at radius 1 is 1.06 bits per heavy atom. The monoisotopic (exact) mass is 452 g/mol. The minimum Gasteiger partial charge on any atom is -0.311 e. The van der Waals surface area contributed by atoms with Gasteiger partial charge in [0, 0.05) is 18.5 Å². The van der Waals surface area contributed by atoms with Crippen molar-refractivity contribution in [2.75, 3.05) is 5.32 Å². The van der Waals surface area contributed by atoms with Crippen LogP contribution in [0.5, 0.6) is 0 Å². The molecular formula is C25H32N4O2S. The molecule has 0 bridgehead atoms. The van der Waals surface area contributed by atoms with Crippen LogP contribution in [0.4, 0.5) is 5.82 Å². The van der Waals surface area contributed by atoms with E-state index in [9.17, 15) is 9.00 Å². The molecule has 2 aromatic heterocycles. The molecule has 0 spiro atoms. The quantitative estimate of drug-likeness (QED) is 0.503. The number of amides is 1. The lowest BCUT2D eigenvalue weighted by Crippen LogP contribution is -2.36. The summed E-state index contributed by atoms with van der Waals surface area (Å²) in [6, 6.07) is 13.9. The Kier molecular flexibility index (Phi) is 7.41. The van der Waals surface area contributed by atoms with E-state index < -0.39 is 11.0 Å². The Balaban J connectivity index is 1.92. The lowest BCUT2D eigenvalue weighted by atomic mass is 10.00. The van der Waals surface area contributed by atoms with E-state index in [2.05, 4.69) is 41.0 Å². The van der Waals surface area contributed by atoms with Crippen molar-refractivity contribution >= 4 is 33.6 Å². The second-order valence-electron chi connectivity index (χ2n) is 9.44. The number of aromatic nitrogens is 2. The summed E-state index contributed by atoms with van der Waals surface area (Å²) in [6.45, 7) is 11.7. The zero-order valence-electron chi connectivity index (χ0n) is 19.6. The summed E-state index contributed by atoms with van der Waals surface area (Å²) >= 11 is 0. The molecule has 0 aliphatic heterocycles. The van der Waals surface area contributed by atoms with Crippen LogP contribution in [0.1, 0.15) is 59.7 Å². The van der Waals surface area contributed by atoms with Gasteiger partial charge in [0.25, 0.3) is 0 Å². The highest BCUT2D eigenvalue weighted by atomic mass is 32.2. The second-order valence-corrected chi connectivity index (χ2v) is 11.4. The average Bonchev–Trinajstić information content (AvgIpc) is 2.71. The Bertz CT molecular complexity index is 1140. The van der Waals surface area contributed by atoms with Crippen LogP contribution in [0.25, 0.3) is 22.0 Å². The van der Waals surface area contributed by atoms with Crippen LogP contribution in [-0.2, 0) is 15.8 Å². The fraction of sp³-hybridized carbons (Fsp3) is 0.400. The number of pyridine rings is 2. The lowest BCUT2D eigenvalue weighted by Gasteiger charge is -2.25.